The van der Waals surface area contributed by atoms with Crippen LogP contribution in [-0.2, 0) is 12.8 Å². The lowest BCUT2D eigenvalue weighted by atomic mass is 9.98. The van der Waals surface area contributed by atoms with Gasteiger partial charge in [-0.2, -0.15) is 0 Å². The second kappa shape index (κ2) is 7.76. The van der Waals surface area contributed by atoms with Crippen LogP contribution in [0.5, 0.6) is 0 Å². The van der Waals surface area contributed by atoms with E-state index in [-0.39, 0.29) is 19.1 Å². The molecule has 0 aliphatic heterocycles. The Labute approximate surface area is 124 Å². The summed E-state index contributed by atoms with van der Waals surface area (Å²) in [7, 11) is 0. The van der Waals surface area contributed by atoms with Gasteiger partial charge >= 0.3 is 0 Å². The molecule has 0 bridgehead atoms. The highest BCUT2D eigenvalue weighted by molar-refractivity contribution is 7.14. The number of amides is 1. The molecule has 0 aliphatic carbocycles. The van der Waals surface area contributed by atoms with Gasteiger partial charge in [0.25, 0.3) is 5.91 Å². The van der Waals surface area contributed by atoms with E-state index in [0.717, 1.165) is 19.3 Å². The Balaban J connectivity index is 2.92. The zero-order valence-corrected chi connectivity index (χ0v) is 13.3. The van der Waals surface area contributed by atoms with Crippen LogP contribution in [0, 0.1) is 0 Å². The molecule has 0 fully saturated rings. The number of carbonyl (C=O) groups excluding carboxylic acids is 1. The first-order valence-corrected chi connectivity index (χ1v) is 8.03. The summed E-state index contributed by atoms with van der Waals surface area (Å²) in [5, 5.41) is 21.6. The number of rotatable bonds is 8. The third-order valence-corrected chi connectivity index (χ3v) is 4.88. The smallest absolute Gasteiger partial charge is 0.261 e. The summed E-state index contributed by atoms with van der Waals surface area (Å²) in [4.78, 5) is 14.2. The van der Waals surface area contributed by atoms with Gasteiger partial charge in [-0.3, -0.25) is 4.79 Å². The van der Waals surface area contributed by atoms with Gasteiger partial charge in [0.2, 0.25) is 0 Å². The molecule has 0 atom stereocenters. The minimum absolute atomic E-state index is 0.211. The molecule has 4 nitrogen and oxygen atoms in total. The van der Waals surface area contributed by atoms with E-state index in [9.17, 15) is 15.0 Å². The first kappa shape index (κ1) is 17.1. The molecule has 0 aliphatic rings. The van der Waals surface area contributed by atoms with Gasteiger partial charge in [-0.15, -0.1) is 11.3 Å². The summed E-state index contributed by atoms with van der Waals surface area (Å²) in [5.41, 5.74) is 0.287. The van der Waals surface area contributed by atoms with Crippen molar-refractivity contribution in [3.05, 3.63) is 21.4 Å². The zero-order valence-electron chi connectivity index (χ0n) is 12.5. The third kappa shape index (κ3) is 3.81. The Bertz CT molecular complexity index is 430. The van der Waals surface area contributed by atoms with Crippen molar-refractivity contribution in [2.45, 2.75) is 52.0 Å². The van der Waals surface area contributed by atoms with Gasteiger partial charge in [0.15, 0.2) is 0 Å². The highest BCUT2D eigenvalue weighted by atomic mass is 32.1. The first-order valence-electron chi connectivity index (χ1n) is 7.21. The Hall–Kier alpha value is -0.910. The predicted octanol–water partition coefficient (Wildman–Crippen LogP) is 2.13. The van der Waals surface area contributed by atoms with Gasteiger partial charge in [0, 0.05) is 4.88 Å². The molecular weight excluding hydrogens is 274 g/mol. The van der Waals surface area contributed by atoms with E-state index in [2.05, 4.69) is 19.2 Å². The van der Waals surface area contributed by atoms with Gasteiger partial charge in [0.05, 0.1) is 23.6 Å². The fourth-order valence-corrected chi connectivity index (χ4v) is 3.31. The Morgan fingerprint density at radius 1 is 1.30 bits per heavy atom. The van der Waals surface area contributed by atoms with E-state index in [1.807, 2.05) is 13.0 Å². The van der Waals surface area contributed by atoms with E-state index in [4.69, 9.17) is 0 Å². The first-order chi connectivity index (χ1) is 9.55. The minimum atomic E-state index is -0.932. The van der Waals surface area contributed by atoms with E-state index < -0.39 is 5.54 Å². The molecule has 3 N–H and O–H groups in total. The van der Waals surface area contributed by atoms with Gasteiger partial charge in [-0.05, 0) is 30.9 Å². The zero-order chi connectivity index (χ0) is 15.2. The van der Waals surface area contributed by atoms with Crippen molar-refractivity contribution in [2.75, 3.05) is 13.2 Å². The number of nitrogens with one attached hydrogen (secondary N) is 1. The van der Waals surface area contributed by atoms with E-state index in [1.54, 1.807) is 0 Å². The van der Waals surface area contributed by atoms with Crippen molar-refractivity contribution in [2.24, 2.45) is 0 Å². The highest BCUT2D eigenvalue weighted by Gasteiger charge is 2.29. The van der Waals surface area contributed by atoms with Crippen LogP contribution >= 0.6 is 11.3 Å². The molecule has 1 heterocycles. The van der Waals surface area contributed by atoms with Crippen LogP contribution in [0.2, 0.25) is 0 Å². The maximum atomic E-state index is 12.3. The largest absolute Gasteiger partial charge is 0.394 e. The van der Waals surface area contributed by atoms with Crippen molar-refractivity contribution >= 4 is 17.2 Å². The monoisotopic (exact) mass is 299 g/mol. The molecule has 0 aromatic carbocycles. The number of carbonyl (C=O) groups is 1. The summed E-state index contributed by atoms with van der Waals surface area (Å²) in [5.74, 6) is -0.211. The number of aliphatic hydroxyl groups is 2. The van der Waals surface area contributed by atoms with Gasteiger partial charge in [-0.25, -0.2) is 0 Å². The van der Waals surface area contributed by atoms with Gasteiger partial charge in [-0.1, -0.05) is 27.2 Å². The van der Waals surface area contributed by atoms with Crippen LogP contribution in [0.15, 0.2) is 6.07 Å². The van der Waals surface area contributed by atoms with Crippen molar-refractivity contribution in [3.8, 4) is 0 Å². The number of aliphatic hydroxyl groups excluding tert-OH is 2. The lowest BCUT2D eigenvalue weighted by molar-refractivity contribution is 0.0656. The quantitative estimate of drug-likeness (QED) is 0.689. The second-order valence-corrected chi connectivity index (χ2v) is 6.20. The van der Waals surface area contributed by atoms with Gasteiger partial charge < -0.3 is 15.5 Å². The Morgan fingerprint density at radius 3 is 2.40 bits per heavy atom. The maximum absolute atomic E-state index is 12.3. The summed E-state index contributed by atoms with van der Waals surface area (Å²) in [6.45, 7) is 5.51. The van der Waals surface area contributed by atoms with E-state index in [1.165, 1.54) is 21.8 Å². The van der Waals surface area contributed by atoms with Crippen molar-refractivity contribution in [3.63, 3.8) is 0 Å². The molecule has 1 aromatic heterocycles. The normalized spacial score (nSPS) is 11.7. The van der Waals surface area contributed by atoms with Crippen LogP contribution in [0.1, 0.15) is 53.7 Å². The average molecular weight is 299 g/mol. The molecule has 1 aromatic rings. The standard InChI is InChI=1S/C15H25NO3S/c1-4-7-12-11(5-2)8-13(20-12)14(19)16-15(6-3,9-17)10-18/h8,17-18H,4-7,9-10H2,1-3H3,(H,16,19). The molecule has 0 unspecified atom stereocenters. The summed E-state index contributed by atoms with van der Waals surface area (Å²) >= 11 is 1.51. The average Bonchev–Trinajstić information content (AvgIpc) is 2.88. The highest BCUT2D eigenvalue weighted by Crippen LogP contribution is 2.25. The maximum Gasteiger partial charge on any atom is 0.261 e. The molecule has 0 saturated carbocycles. The topological polar surface area (TPSA) is 69.6 Å². The van der Waals surface area contributed by atoms with E-state index in [0.29, 0.717) is 11.3 Å². The lowest BCUT2D eigenvalue weighted by Crippen LogP contribution is -2.53. The third-order valence-electron chi connectivity index (χ3n) is 3.64. The number of aryl methyl sites for hydroxylation is 2. The molecule has 114 valence electrons. The number of thiophene rings is 1. The number of hydrogen-bond acceptors (Lipinski definition) is 4. The summed E-state index contributed by atoms with van der Waals surface area (Å²) in [6, 6.07) is 1.93. The Kier molecular flexibility index (Phi) is 6.65. The Morgan fingerprint density at radius 2 is 1.95 bits per heavy atom. The fraction of sp³-hybridized carbons (Fsp3) is 0.667. The van der Waals surface area contributed by atoms with Gasteiger partial charge in [0.1, 0.15) is 0 Å². The lowest BCUT2D eigenvalue weighted by Gasteiger charge is -2.29. The number of hydrogen-bond donors (Lipinski definition) is 3. The molecule has 1 amide bonds. The second-order valence-electron chi connectivity index (χ2n) is 5.07. The van der Waals surface area contributed by atoms with Crippen LogP contribution in [0.3, 0.4) is 0 Å². The molecule has 5 heteroatoms. The molecule has 0 saturated heterocycles. The fourth-order valence-electron chi connectivity index (χ4n) is 2.06. The van der Waals surface area contributed by atoms with E-state index >= 15 is 0 Å². The summed E-state index contributed by atoms with van der Waals surface area (Å²) in [6.07, 6.45) is 3.44. The predicted molar refractivity (Wildman–Crippen MR) is 82.4 cm³/mol. The van der Waals surface area contributed by atoms with Crippen LogP contribution in [-0.4, -0.2) is 34.9 Å². The SMILES string of the molecule is CCCc1sc(C(=O)NC(CC)(CO)CO)cc1CC. The molecule has 20 heavy (non-hydrogen) atoms. The molecule has 0 radical (unpaired) electrons. The molecule has 0 spiro atoms. The van der Waals surface area contributed by atoms with Crippen molar-refractivity contribution in [1.82, 2.24) is 5.32 Å². The molecule has 1 rings (SSSR count). The minimum Gasteiger partial charge on any atom is -0.394 e. The molecular formula is C15H25NO3S. The van der Waals surface area contributed by atoms with Crippen LogP contribution in [0.4, 0.5) is 0 Å². The van der Waals surface area contributed by atoms with Crippen molar-refractivity contribution in [1.29, 1.82) is 0 Å². The summed E-state index contributed by atoms with van der Waals surface area (Å²) < 4.78 is 0. The van der Waals surface area contributed by atoms with Crippen LogP contribution < -0.4 is 5.32 Å². The van der Waals surface area contributed by atoms with Crippen molar-refractivity contribution < 1.29 is 15.0 Å². The van der Waals surface area contributed by atoms with Crippen LogP contribution in [0.25, 0.3) is 0 Å².